The maximum absolute atomic E-state index is 12.7. The van der Waals surface area contributed by atoms with E-state index in [1.165, 1.54) is 5.56 Å². The number of rotatable bonds is 4. The molecule has 0 unspecified atom stereocenters. The summed E-state index contributed by atoms with van der Waals surface area (Å²) in [4.78, 5) is 25.7. The molecule has 0 aromatic heterocycles. The number of aryl methyl sites for hydroxylation is 1. The third-order valence-corrected chi connectivity index (χ3v) is 4.65. The topological polar surface area (TPSA) is 69.6 Å². The Morgan fingerprint density at radius 3 is 2.56 bits per heavy atom. The molecule has 5 heteroatoms. The molecule has 2 amide bonds. The van der Waals surface area contributed by atoms with Crippen molar-refractivity contribution >= 4 is 17.7 Å². The van der Waals surface area contributed by atoms with Crippen LogP contribution in [0.5, 0.6) is 0 Å². The highest BCUT2D eigenvalue weighted by molar-refractivity contribution is 5.90. The SMILES string of the molecule is CCc1ccc(NC(=O)N2CCc3ccccc3[C@@H]2CC(=O)O)cc1. The van der Waals surface area contributed by atoms with Gasteiger partial charge in [-0.3, -0.25) is 4.79 Å². The molecule has 1 heterocycles. The molecule has 0 fully saturated rings. The van der Waals surface area contributed by atoms with Crippen molar-refractivity contribution in [2.75, 3.05) is 11.9 Å². The summed E-state index contributed by atoms with van der Waals surface area (Å²) in [5.74, 6) is -0.910. The average Bonchev–Trinajstić information content (AvgIpc) is 2.62. The Kier molecular flexibility index (Phi) is 5.03. The van der Waals surface area contributed by atoms with Crippen LogP contribution >= 0.6 is 0 Å². The number of anilines is 1. The van der Waals surface area contributed by atoms with Crippen molar-refractivity contribution in [1.29, 1.82) is 0 Å². The molecule has 1 atom stereocenters. The van der Waals surface area contributed by atoms with Gasteiger partial charge in [-0.05, 0) is 41.7 Å². The number of carboxylic acids is 1. The highest BCUT2D eigenvalue weighted by atomic mass is 16.4. The predicted molar refractivity (Wildman–Crippen MR) is 96.7 cm³/mol. The minimum atomic E-state index is -0.910. The van der Waals surface area contributed by atoms with Gasteiger partial charge in [-0.25, -0.2) is 4.79 Å². The molecule has 1 aliphatic heterocycles. The van der Waals surface area contributed by atoms with Crippen LogP contribution < -0.4 is 5.32 Å². The van der Waals surface area contributed by atoms with Crippen molar-refractivity contribution in [3.05, 3.63) is 65.2 Å². The minimum absolute atomic E-state index is 0.0980. The summed E-state index contributed by atoms with van der Waals surface area (Å²) >= 11 is 0. The molecule has 1 aliphatic rings. The highest BCUT2D eigenvalue weighted by Crippen LogP contribution is 2.32. The first-order chi connectivity index (χ1) is 12.1. The molecule has 0 radical (unpaired) electrons. The van der Waals surface area contributed by atoms with Gasteiger partial charge in [-0.1, -0.05) is 43.3 Å². The van der Waals surface area contributed by atoms with Gasteiger partial charge in [-0.2, -0.15) is 0 Å². The van der Waals surface area contributed by atoms with Gasteiger partial charge in [0.2, 0.25) is 0 Å². The van der Waals surface area contributed by atoms with Crippen molar-refractivity contribution in [3.8, 4) is 0 Å². The Labute approximate surface area is 147 Å². The van der Waals surface area contributed by atoms with Crippen molar-refractivity contribution in [2.24, 2.45) is 0 Å². The van der Waals surface area contributed by atoms with Crippen LogP contribution in [0.4, 0.5) is 10.5 Å². The number of fused-ring (bicyclic) bond motifs is 1. The fourth-order valence-corrected chi connectivity index (χ4v) is 3.30. The second kappa shape index (κ2) is 7.38. The quantitative estimate of drug-likeness (QED) is 0.889. The zero-order chi connectivity index (χ0) is 17.8. The Morgan fingerprint density at radius 2 is 1.88 bits per heavy atom. The molecule has 25 heavy (non-hydrogen) atoms. The first-order valence-electron chi connectivity index (χ1n) is 8.54. The number of carbonyl (C=O) groups excluding carboxylic acids is 1. The number of aliphatic carboxylic acids is 1. The summed E-state index contributed by atoms with van der Waals surface area (Å²) in [6.07, 6.45) is 1.57. The van der Waals surface area contributed by atoms with Gasteiger partial charge >= 0.3 is 12.0 Å². The van der Waals surface area contributed by atoms with Crippen LogP contribution in [0.15, 0.2) is 48.5 Å². The molecule has 0 aliphatic carbocycles. The van der Waals surface area contributed by atoms with E-state index in [-0.39, 0.29) is 12.5 Å². The third kappa shape index (κ3) is 3.82. The Morgan fingerprint density at radius 1 is 1.16 bits per heavy atom. The van der Waals surface area contributed by atoms with E-state index in [9.17, 15) is 14.7 Å². The van der Waals surface area contributed by atoms with Crippen LogP contribution in [0.25, 0.3) is 0 Å². The van der Waals surface area contributed by atoms with Crippen molar-refractivity contribution < 1.29 is 14.7 Å². The van der Waals surface area contributed by atoms with Crippen LogP contribution in [0.3, 0.4) is 0 Å². The Bertz CT molecular complexity index is 771. The van der Waals surface area contributed by atoms with Crippen LogP contribution in [-0.2, 0) is 17.6 Å². The van der Waals surface area contributed by atoms with E-state index >= 15 is 0 Å². The molecule has 0 bridgehead atoms. The average molecular weight is 338 g/mol. The summed E-state index contributed by atoms with van der Waals surface area (Å²) in [6.45, 7) is 2.59. The van der Waals surface area contributed by atoms with Gasteiger partial charge in [-0.15, -0.1) is 0 Å². The van der Waals surface area contributed by atoms with E-state index in [1.807, 2.05) is 48.5 Å². The van der Waals surface area contributed by atoms with Gasteiger partial charge in [0.1, 0.15) is 0 Å². The Balaban J connectivity index is 1.81. The van der Waals surface area contributed by atoms with Crippen molar-refractivity contribution in [1.82, 2.24) is 4.90 Å². The number of hydrogen-bond acceptors (Lipinski definition) is 2. The largest absolute Gasteiger partial charge is 0.481 e. The summed E-state index contributed by atoms with van der Waals surface area (Å²) in [7, 11) is 0. The van der Waals surface area contributed by atoms with Gasteiger partial charge in [0, 0.05) is 12.2 Å². The van der Waals surface area contributed by atoms with E-state index in [0.29, 0.717) is 6.54 Å². The molecule has 130 valence electrons. The fraction of sp³-hybridized carbons (Fsp3) is 0.300. The first kappa shape index (κ1) is 17.0. The van der Waals surface area contributed by atoms with E-state index in [4.69, 9.17) is 0 Å². The fourth-order valence-electron chi connectivity index (χ4n) is 3.30. The molecular formula is C20H22N2O3. The number of urea groups is 1. The standard InChI is InChI=1S/C20H22N2O3/c1-2-14-7-9-16(10-8-14)21-20(25)22-12-11-15-5-3-4-6-17(15)18(22)13-19(23)24/h3-10,18H,2,11-13H2,1H3,(H,21,25)(H,23,24)/t18-/m0/s1. The lowest BCUT2D eigenvalue weighted by atomic mass is 9.91. The van der Waals surface area contributed by atoms with Gasteiger partial charge in [0.25, 0.3) is 0 Å². The molecular weight excluding hydrogens is 316 g/mol. The molecule has 2 aromatic rings. The summed E-state index contributed by atoms with van der Waals surface area (Å²) in [5, 5.41) is 12.2. The van der Waals surface area contributed by atoms with Crippen molar-refractivity contribution in [2.45, 2.75) is 32.2 Å². The third-order valence-electron chi connectivity index (χ3n) is 4.65. The number of carbonyl (C=O) groups is 2. The normalized spacial score (nSPS) is 16.2. The molecule has 0 saturated heterocycles. The summed E-state index contributed by atoms with van der Waals surface area (Å²) < 4.78 is 0. The monoisotopic (exact) mass is 338 g/mol. The molecule has 3 rings (SSSR count). The number of nitrogens with one attached hydrogen (secondary N) is 1. The number of hydrogen-bond donors (Lipinski definition) is 2. The van der Waals surface area contributed by atoms with Gasteiger partial charge < -0.3 is 15.3 Å². The summed E-state index contributed by atoms with van der Waals surface area (Å²) in [5.41, 5.74) is 3.96. The molecule has 0 saturated carbocycles. The second-order valence-corrected chi connectivity index (χ2v) is 6.24. The molecule has 0 spiro atoms. The highest BCUT2D eigenvalue weighted by Gasteiger charge is 2.32. The lowest BCUT2D eigenvalue weighted by Crippen LogP contribution is -2.43. The molecule has 2 aromatic carbocycles. The summed E-state index contributed by atoms with van der Waals surface area (Å²) in [6, 6.07) is 14.8. The smallest absolute Gasteiger partial charge is 0.322 e. The minimum Gasteiger partial charge on any atom is -0.481 e. The zero-order valence-electron chi connectivity index (χ0n) is 14.2. The number of benzene rings is 2. The van der Waals surface area contributed by atoms with Crippen LogP contribution in [0.1, 0.15) is 36.1 Å². The van der Waals surface area contributed by atoms with E-state index in [0.717, 1.165) is 29.7 Å². The van der Waals surface area contributed by atoms with Gasteiger partial charge in [0.15, 0.2) is 0 Å². The van der Waals surface area contributed by atoms with Crippen molar-refractivity contribution in [3.63, 3.8) is 0 Å². The predicted octanol–water partition coefficient (Wildman–Crippen LogP) is 3.86. The van der Waals surface area contributed by atoms with E-state index < -0.39 is 12.0 Å². The van der Waals surface area contributed by atoms with Crippen LogP contribution in [0.2, 0.25) is 0 Å². The second-order valence-electron chi connectivity index (χ2n) is 6.24. The number of carboxylic acid groups (broad SMARTS) is 1. The first-order valence-corrected chi connectivity index (χ1v) is 8.54. The zero-order valence-corrected chi connectivity index (χ0v) is 14.2. The van der Waals surface area contributed by atoms with E-state index in [2.05, 4.69) is 12.2 Å². The van der Waals surface area contributed by atoms with Crippen LogP contribution in [0, 0.1) is 0 Å². The molecule has 2 N–H and O–H groups in total. The maximum atomic E-state index is 12.7. The van der Waals surface area contributed by atoms with Gasteiger partial charge in [0.05, 0.1) is 12.5 Å². The molecule has 5 nitrogen and oxygen atoms in total. The number of amides is 2. The van der Waals surface area contributed by atoms with E-state index in [1.54, 1.807) is 4.90 Å². The maximum Gasteiger partial charge on any atom is 0.322 e. The Hall–Kier alpha value is -2.82. The van der Waals surface area contributed by atoms with Crippen LogP contribution in [-0.4, -0.2) is 28.6 Å². The lowest BCUT2D eigenvalue weighted by Gasteiger charge is -2.36. The lowest BCUT2D eigenvalue weighted by molar-refractivity contribution is -0.138. The number of nitrogens with zero attached hydrogens (tertiary/aromatic N) is 1.